The first-order valence-electron chi connectivity index (χ1n) is 5.43. The highest BCUT2D eigenvalue weighted by atomic mass is 16.4. The summed E-state index contributed by atoms with van der Waals surface area (Å²) in [6.07, 6.45) is 0.985. The van der Waals surface area contributed by atoms with E-state index in [0.717, 1.165) is 11.1 Å². The first kappa shape index (κ1) is 12.0. The number of nitrogens with one attached hydrogen (secondary N) is 1. The average molecular weight is 244 g/mol. The monoisotopic (exact) mass is 244 g/mol. The van der Waals surface area contributed by atoms with Gasteiger partial charge in [-0.05, 0) is 6.92 Å². The Kier molecular flexibility index (Phi) is 3.23. The number of carbonyl (C=O) groups is 1. The molecule has 2 N–H and O–H groups in total. The normalized spacial score (nSPS) is 10.3. The fraction of sp³-hybridized carbons (Fsp3) is 0.154. The largest absolute Gasteiger partial charge is 0.481 e. The Hall–Kier alpha value is -2.43. The van der Waals surface area contributed by atoms with Crippen LogP contribution in [0, 0.1) is 6.92 Å². The SMILES string of the molecule is Cc1ccc(-c2ncc(CC(=O)O)c(=O)[nH]2)cc1. The highest BCUT2D eigenvalue weighted by molar-refractivity contribution is 5.70. The van der Waals surface area contributed by atoms with Gasteiger partial charge in [0, 0.05) is 17.3 Å². The summed E-state index contributed by atoms with van der Waals surface area (Å²) in [7, 11) is 0. The second-order valence-electron chi connectivity index (χ2n) is 4.02. The van der Waals surface area contributed by atoms with Crippen LogP contribution in [-0.4, -0.2) is 21.0 Å². The molecule has 1 aromatic carbocycles. The summed E-state index contributed by atoms with van der Waals surface area (Å²) in [6.45, 7) is 1.97. The molecule has 0 unspecified atom stereocenters. The zero-order valence-corrected chi connectivity index (χ0v) is 9.80. The predicted molar refractivity (Wildman–Crippen MR) is 66.4 cm³/mol. The number of benzene rings is 1. The molecular weight excluding hydrogens is 232 g/mol. The van der Waals surface area contributed by atoms with Crippen LogP contribution >= 0.6 is 0 Å². The van der Waals surface area contributed by atoms with Crippen molar-refractivity contribution in [1.29, 1.82) is 0 Å². The van der Waals surface area contributed by atoms with E-state index in [1.807, 2.05) is 31.2 Å². The molecule has 0 saturated heterocycles. The lowest BCUT2D eigenvalue weighted by atomic mass is 10.1. The van der Waals surface area contributed by atoms with E-state index < -0.39 is 11.5 Å². The number of hydrogen-bond donors (Lipinski definition) is 2. The molecule has 1 heterocycles. The van der Waals surface area contributed by atoms with Crippen LogP contribution in [-0.2, 0) is 11.2 Å². The van der Waals surface area contributed by atoms with Crippen LogP contribution in [0.4, 0.5) is 0 Å². The van der Waals surface area contributed by atoms with Gasteiger partial charge in [0.05, 0.1) is 6.42 Å². The van der Waals surface area contributed by atoms with Crippen molar-refractivity contribution in [2.75, 3.05) is 0 Å². The third-order valence-corrected chi connectivity index (χ3v) is 2.54. The third kappa shape index (κ3) is 2.63. The van der Waals surface area contributed by atoms with E-state index in [2.05, 4.69) is 9.97 Å². The van der Waals surface area contributed by atoms with E-state index in [9.17, 15) is 9.59 Å². The second-order valence-corrected chi connectivity index (χ2v) is 4.02. The molecule has 0 radical (unpaired) electrons. The number of carboxylic acid groups (broad SMARTS) is 1. The summed E-state index contributed by atoms with van der Waals surface area (Å²) >= 11 is 0. The molecular formula is C13H12N2O3. The predicted octanol–water partition coefficient (Wildman–Crippen LogP) is 1.37. The molecule has 0 aliphatic heterocycles. The average Bonchev–Trinajstić information content (AvgIpc) is 2.32. The quantitative estimate of drug-likeness (QED) is 0.854. The Morgan fingerprint density at radius 3 is 2.56 bits per heavy atom. The van der Waals surface area contributed by atoms with Crippen molar-refractivity contribution in [3.05, 3.63) is 51.9 Å². The van der Waals surface area contributed by atoms with Gasteiger partial charge in [-0.15, -0.1) is 0 Å². The molecule has 0 aliphatic rings. The first-order chi connectivity index (χ1) is 8.56. The third-order valence-electron chi connectivity index (χ3n) is 2.54. The number of carboxylic acids is 1. The van der Waals surface area contributed by atoms with E-state index >= 15 is 0 Å². The van der Waals surface area contributed by atoms with Crippen molar-refractivity contribution in [2.24, 2.45) is 0 Å². The maximum Gasteiger partial charge on any atom is 0.308 e. The van der Waals surface area contributed by atoms with Gasteiger partial charge in [-0.2, -0.15) is 0 Å². The Morgan fingerprint density at radius 2 is 2.00 bits per heavy atom. The van der Waals surface area contributed by atoms with E-state index in [-0.39, 0.29) is 12.0 Å². The maximum atomic E-state index is 11.7. The van der Waals surface area contributed by atoms with Crippen LogP contribution < -0.4 is 5.56 Å². The van der Waals surface area contributed by atoms with E-state index in [1.54, 1.807) is 0 Å². The number of aromatic nitrogens is 2. The van der Waals surface area contributed by atoms with Crippen molar-refractivity contribution in [3.8, 4) is 11.4 Å². The van der Waals surface area contributed by atoms with Crippen LogP contribution in [0.25, 0.3) is 11.4 Å². The smallest absolute Gasteiger partial charge is 0.308 e. The molecule has 18 heavy (non-hydrogen) atoms. The number of aromatic amines is 1. The van der Waals surface area contributed by atoms with Crippen LogP contribution in [0.3, 0.4) is 0 Å². The fourth-order valence-electron chi connectivity index (χ4n) is 1.57. The maximum absolute atomic E-state index is 11.7. The Balaban J connectivity index is 2.37. The Labute approximate surface area is 103 Å². The van der Waals surface area contributed by atoms with Gasteiger partial charge in [0.15, 0.2) is 0 Å². The highest BCUT2D eigenvalue weighted by Gasteiger charge is 2.07. The molecule has 2 rings (SSSR count). The van der Waals surface area contributed by atoms with Gasteiger partial charge in [-0.25, -0.2) is 4.98 Å². The molecule has 2 aromatic rings. The van der Waals surface area contributed by atoms with Crippen LogP contribution in [0.2, 0.25) is 0 Å². The van der Waals surface area contributed by atoms with Crippen molar-refractivity contribution in [2.45, 2.75) is 13.3 Å². The van der Waals surface area contributed by atoms with E-state index in [1.165, 1.54) is 6.20 Å². The molecule has 0 spiro atoms. The van der Waals surface area contributed by atoms with Crippen LogP contribution in [0.5, 0.6) is 0 Å². The molecule has 0 saturated carbocycles. The summed E-state index contributed by atoms with van der Waals surface area (Å²) in [6, 6.07) is 7.54. The molecule has 0 bridgehead atoms. The van der Waals surface area contributed by atoms with Crippen molar-refractivity contribution in [1.82, 2.24) is 9.97 Å². The zero-order valence-electron chi connectivity index (χ0n) is 9.80. The van der Waals surface area contributed by atoms with Gasteiger partial charge in [-0.1, -0.05) is 29.8 Å². The van der Waals surface area contributed by atoms with Gasteiger partial charge in [0.2, 0.25) is 0 Å². The number of rotatable bonds is 3. The molecule has 5 heteroatoms. The van der Waals surface area contributed by atoms with E-state index in [4.69, 9.17) is 5.11 Å². The molecule has 1 aromatic heterocycles. The molecule has 92 valence electrons. The standard InChI is InChI=1S/C13H12N2O3/c1-8-2-4-9(5-3-8)12-14-7-10(6-11(16)17)13(18)15-12/h2-5,7H,6H2,1H3,(H,16,17)(H,14,15,18). The zero-order chi connectivity index (χ0) is 13.1. The fourth-order valence-corrected chi connectivity index (χ4v) is 1.57. The summed E-state index contributed by atoms with van der Waals surface area (Å²) in [5.41, 5.74) is 1.64. The summed E-state index contributed by atoms with van der Waals surface area (Å²) in [5, 5.41) is 8.63. The number of nitrogens with zero attached hydrogens (tertiary/aromatic N) is 1. The molecule has 5 nitrogen and oxygen atoms in total. The van der Waals surface area contributed by atoms with Gasteiger partial charge in [-0.3, -0.25) is 9.59 Å². The highest BCUT2D eigenvalue weighted by Crippen LogP contribution is 2.13. The Morgan fingerprint density at radius 1 is 1.33 bits per heavy atom. The van der Waals surface area contributed by atoms with Gasteiger partial charge in [0.25, 0.3) is 5.56 Å². The minimum Gasteiger partial charge on any atom is -0.481 e. The van der Waals surface area contributed by atoms with Crippen LogP contribution in [0.15, 0.2) is 35.3 Å². The molecule has 0 atom stereocenters. The summed E-state index contributed by atoms with van der Waals surface area (Å²) < 4.78 is 0. The summed E-state index contributed by atoms with van der Waals surface area (Å²) in [5.74, 6) is -0.612. The molecule has 0 fully saturated rings. The lowest BCUT2D eigenvalue weighted by molar-refractivity contribution is -0.136. The minimum absolute atomic E-state index is 0.151. The van der Waals surface area contributed by atoms with Crippen molar-refractivity contribution < 1.29 is 9.90 Å². The molecule has 0 amide bonds. The lowest BCUT2D eigenvalue weighted by Gasteiger charge is -2.02. The molecule has 0 aliphatic carbocycles. The number of aryl methyl sites for hydroxylation is 1. The lowest BCUT2D eigenvalue weighted by Crippen LogP contribution is -2.17. The topological polar surface area (TPSA) is 83.0 Å². The Bertz CT molecular complexity index is 629. The minimum atomic E-state index is -1.05. The van der Waals surface area contributed by atoms with E-state index in [0.29, 0.717) is 5.82 Å². The first-order valence-corrected chi connectivity index (χ1v) is 5.43. The second kappa shape index (κ2) is 4.83. The van der Waals surface area contributed by atoms with Crippen LogP contribution in [0.1, 0.15) is 11.1 Å². The van der Waals surface area contributed by atoms with Crippen molar-refractivity contribution >= 4 is 5.97 Å². The van der Waals surface area contributed by atoms with Gasteiger partial charge in [0.1, 0.15) is 5.82 Å². The number of H-pyrrole nitrogens is 1. The number of hydrogen-bond acceptors (Lipinski definition) is 3. The van der Waals surface area contributed by atoms with Gasteiger partial charge >= 0.3 is 5.97 Å². The summed E-state index contributed by atoms with van der Waals surface area (Å²) in [4.78, 5) is 28.9. The van der Waals surface area contributed by atoms with Crippen molar-refractivity contribution in [3.63, 3.8) is 0 Å². The van der Waals surface area contributed by atoms with Gasteiger partial charge < -0.3 is 10.1 Å². The number of aliphatic carboxylic acids is 1.